The van der Waals surface area contributed by atoms with E-state index in [1.165, 1.54) is 6.07 Å². The lowest BCUT2D eigenvalue weighted by atomic mass is 10.2. The lowest BCUT2D eigenvalue weighted by molar-refractivity contribution is 0.0516. The molecular formula is C8H8O4S. The van der Waals surface area contributed by atoms with Crippen LogP contribution in [-0.2, 0) is 4.74 Å². The van der Waals surface area contributed by atoms with Gasteiger partial charge in [-0.15, -0.1) is 11.3 Å². The van der Waals surface area contributed by atoms with Gasteiger partial charge in [0.15, 0.2) is 0 Å². The number of hydrogen-bond donors (Lipinski definition) is 1. The van der Waals surface area contributed by atoms with E-state index in [0.29, 0.717) is 0 Å². The van der Waals surface area contributed by atoms with Crippen LogP contribution >= 0.6 is 11.3 Å². The van der Waals surface area contributed by atoms with Crippen molar-refractivity contribution in [3.05, 3.63) is 21.9 Å². The Balaban J connectivity index is 2.93. The maximum Gasteiger partial charge on any atom is 0.346 e. The molecule has 70 valence electrons. The summed E-state index contributed by atoms with van der Waals surface area (Å²) in [4.78, 5) is 21.8. The summed E-state index contributed by atoms with van der Waals surface area (Å²) in [6.07, 6.45) is 0. The molecule has 0 aliphatic heterocycles. The number of hydrogen-bond acceptors (Lipinski definition) is 4. The number of thiophene rings is 1. The van der Waals surface area contributed by atoms with Gasteiger partial charge in [-0.1, -0.05) is 0 Å². The number of carbonyl (C=O) groups excluding carboxylic acids is 1. The molecule has 0 aliphatic rings. The number of carboxylic acid groups (broad SMARTS) is 1. The SMILES string of the molecule is CCOC(=O)c1ccsc1C(=O)O. The Bertz CT molecular complexity index is 329. The summed E-state index contributed by atoms with van der Waals surface area (Å²) in [5.41, 5.74) is 0.124. The highest BCUT2D eigenvalue weighted by Crippen LogP contribution is 2.17. The van der Waals surface area contributed by atoms with Crippen LogP contribution in [0.25, 0.3) is 0 Å². The lowest BCUT2D eigenvalue weighted by Gasteiger charge is -1.99. The molecule has 4 nitrogen and oxygen atoms in total. The molecule has 0 amide bonds. The molecule has 1 aromatic rings. The van der Waals surface area contributed by atoms with Crippen molar-refractivity contribution in [2.45, 2.75) is 6.92 Å². The number of carbonyl (C=O) groups is 2. The van der Waals surface area contributed by atoms with E-state index in [-0.39, 0.29) is 17.0 Å². The fourth-order valence-electron chi connectivity index (χ4n) is 0.844. The molecule has 0 fully saturated rings. The number of carboxylic acids is 1. The number of aromatic carboxylic acids is 1. The molecule has 1 aromatic heterocycles. The van der Waals surface area contributed by atoms with Crippen molar-refractivity contribution in [2.24, 2.45) is 0 Å². The number of rotatable bonds is 3. The van der Waals surface area contributed by atoms with E-state index in [1.54, 1.807) is 12.3 Å². The van der Waals surface area contributed by atoms with E-state index in [2.05, 4.69) is 4.74 Å². The first-order valence-electron chi connectivity index (χ1n) is 3.64. The largest absolute Gasteiger partial charge is 0.477 e. The Kier molecular flexibility index (Phi) is 3.02. The zero-order valence-electron chi connectivity index (χ0n) is 6.94. The van der Waals surface area contributed by atoms with Crippen LogP contribution in [0.1, 0.15) is 27.0 Å². The number of esters is 1. The van der Waals surface area contributed by atoms with Crippen molar-refractivity contribution < 1.29 is 19.4 Å². The van der Waals surface area contributed by atoms with Crippen molar-refractivity contribution in [3.63, 3.8) is 0 Å². The topological polar surface area (TPSA) is 63.6 Å². The molecule has 5 heteroatoms. The predicted molar refractivity (Wildman–Crippen MR) is 47.2 cm³/mol. The summed E-state index contributed by atoms with van der Waals surface area (Å²) in [6, 6.07) is 1.45. The van der Waals surface area contributed by atoms with Gasteiger partial charge in [-0.2, -0.15) is 0 Å². The second-order valence-corrected chi connectivity index (χ2v) is 3.11. The summed E-state index contributed by atoms with van der Waals surface area (Å²) in [6.45, 7) is 1.92. The van der Waals surface area contributed by atoms with Crippen LogP contribution in [0.3, 0.4) is 0 Å². The van der Waals surface area contributed by atoms with Gasteiger partial charge in [0.05, 0.1) is 12.2 Å². The van der Waals surface area contributed by atoms with Gasteiger partial charge in [-0.3, -0.25) is 0 Å². The predicted octanol–water partition coefficient (Wildman–Crippen LogP) is 1.62. The highest BCUT2D eigenvalue weighted by molar-refractivity contribution is 7.12. The third-order valence-corrected chi connectivity index (χ3v) is 2.26. The van der Waals surface area contributed by atoms with Gasteiger partial charge in [-0.05, 0) is 18.4 Å². The van der Waals surface area contributed by atoms with Crippen LogP contribution in [0.4, 0.5) is 0 Å². The summed E-state index contributed by atoms with van der Waals surface area (Å²) >= 11 is 1.01. The molecule has 1 heterocycles. The highest BCUT2D eigenvalue weighted by atomic mass is 32.1. The highest BCUT2D eigenvalue weighted by Gasteiger charge is 2.18. The van der Waals surface area contributed by atoms with Crippen LogP contribution in [0.5, 0.6) is 0 Å². The van der Waals surface area contributed by atoms with Gasteiger partial charge in [0.25, 0.3) is 0 Å². The summed E-state index contributed by atoms with van der Waals surface area (Å²) in [5.74, 6) is -1.68. The van der Waals surface area contributed by atoms with Crippen molar-refractivity contribution in [1.82, 2.24) is 0 Å². The second kappa shape index (κ2) is 4.04. The minimum Gasteiger partial charge on any atom is -0.477 e. The molecule has 0 saturated heterocycles. The molecule has 0 aromatic carbocycles. The molecular weight excluding hydrogens is 192 g/mol. The first kappa shape index (κ1) is 9.73. The lowest BCUT2D eigenvalue weighted by Crippen LogP contribution is -2.08. The Hall–Kier alpha value is -1.36. The fraction of sp³-hybridized carbons (Fsp3) is 0.250. The maximum absolute atomic E-state index is 11.2. The fourth-order valence-corrected chi connectivity index (χ4v) is 1.56. The van der Waals surface area contributed by atoms with Crippen molar-refractivity contribution in [1.29, 1.82) is 0 Å². The van der Waals surface area contributed by atoms with Gasteiger partial charge in [0.2, 0.25) is 0 Å². The first-order chi connectivity index (χ1) is 6.16. The molecule has 0 spiro atoms. The van der Waals surface area contributed by atoms with Crippen molar-refractivity contribution in [3.8, 4) is 0 Å². The second-order valence-electron chi connectivity index (χ2n) is 2.19. The van der Waals surface area contributed by atoms with Gasteiger partial charge in [0.1, 0.15) is 4.88 Å². The number of ether oxygens (including phenoxy) is 1. The minimum atomic E-state index is -1.10. The average molecular weight is 200 g/mol. The van der Waals surface area contributed by atoms with Crippen LogP contribution in [0.2, 0.25) is 0 Å². The first-order valence-corrected chi connectivity index (χ1v) is 4.52. The van der Waals surface area contributed by atoms with E-state index in [9.17, 15) is 9.59 Å². The van der Waals surface area contributed by atoms with E-state index in [1.807, 2.05) is 0 Å². The summed E-state index contributed by atoms with van der Waals surface area (Å²) in [5, 5.41) is 10.2. The normalized spacial score (nSPS) is 9.62. The summed E-state index contributed by atoms with van der Waals surface area (Å²) in [7, 11) is 0. The third kappa shape index (κ3) is 2.06. The van der Waals surface area contributed by atoms with Crippen molar-refractivity contribution in [2.75, 3.05) is 6.61 Å². The smallest absolute Gasteiger partial charge is 0.346 e. The van der Waals surface area contributed by atoms with E-state index in [4.69, 9.17) is 5.11 Å². The van der Waals surface area contributed by atoms with Gasteiger partial charge in [0, 0.05) is 0 Å². The van der Waals surface area contributed by atoms with Crippen LogP contribution < -0.4 is 0 Å². The zero-order chi connectivity index (χ0) is 9.84. The monoisotopic (exact) mass is 200 g/mol. The molecule has 0 radical (unpaired) electrons. The third-order valence-electron chi connectivity index (χ3n) is 1.35. The van der Waals surface area contributed by atoms with E-state index >= 15 is 0 Å². The molecule has 1 N–H and O–H groups in total. The van der Waals surface area contributed by atoms with Gasteiger partial charge < -0.3 is 9.84 Å². The van der Waals surface area contributed by atoms with Crippen LogP contribution in [0, 0.1) is 0 Å². The molecule has 0 bridgehead atoms. The van der Waals surface area contributed by atoms with Gasteiger partial charge in [-0.25, -0.2) is 9.59 Å². The van der Waals surface area contributed by atoms with Crippen LogP contribution in [0.15, 0.2) is 11.4 Å². The standard InChI is InChI=1S/C8H8O4S/c1-2-12-8(11)5-3-4-13-6(5)7(9)10/h3-4H,2H2,1H3,(H,9,10). The van der Waals surface area contributed by atoms with Crippen LogP contribution in [-0.4, -0.2) is 23.7 Å². The Labute approximate surface area is 78.8 Å². The molecule has 0 saturated carbocycles. The Morgan fingerprint density at radius 1 is 1.62 bits per heavy atom. The quantitative estimate of drug-likeness (QED) is 0.753. The van der Waals surface area contributed by atoms with Gasteiger partial charge >= 0.3 is 11.9 Å². The average Bonchev–Trinajstić information content (AvgIpc) is 2.52. The maximum atomic E-state index is 11.2. The van der Waals surface area contributed by atoms with E-state index < -0.39 is 11.9 Å². The zero-order valence-corrected chi connectivity index (χ0v) is 7.76. The van der Waals surface area contributed by atoms with E-state index in [0.717, 1.165) is 11.3 Å². The Morgan fingerprint density at radius 3 is 2.85 bits per heavy atom. The Morgan fingerprint density at radius 2 is 2.31 bits per heavy atom. The summed E-state index contributed by atoms with van der Waals surface area (Å²) < 4.78 is 4.68. The molecule has 0 aliphatic carbocycles. The van der Waals surface area contributed by atoms with Crippen molar-refractivity contribution >= 4 is 23.3 Å². The molecule has 0 atom stereocenters. The minimum absolute atomic E-state index is 0.0263. The molecule has 1 rings (SSSR count). The molecule has 13 heavy (non-hydrogen) atoms. The molecule has 0 unspecified atom stereocenters.